The van der Waals surface area contributed by atoms with Gasteiger partial charge in [0.25, 0.3) is 11.8 Å². The van der Waals surface area contributed by atoms with Gasteiger partial charge in [0.1, 0.15) is 0 Å². The molecule has 0 aliphatic carbocycles. The number of ether oxygens (including phenoxy) is 1. The molecule has 3 rings (SSSR count). The van der Waals surface area contributed by atoms with Gasteiger partial charge in [0.15, 0.2) is 17.4 Å². The van der Waals surface area contributed by atoms with Crippen molar-refractivity contribution in [3.8, 4) is 0 Å². The molecule has 8 heteroatoms. The Kier molecular flexibility index (Phi) is 6.48. The number of hydrogen-bond acceptors (Lipinski definition) is 7. The molecule has 3 aromatic rings. The summed E-state index contributed by atoms with van der Waals surface area (Å²) in [4.78, 5) is 39.8. The van der Waals surface area contributed by atoms with Crippen LogP contribution in [0.25, 0.3) is 0 Å². The molecule has 7 nitrogen and oxygen atoms in total. The highest BCUT2D eigenvalue weighted by molar-refractivity contribution is 7.13. The summed E-state index contributed by atoms with van der Waals surface area (Å²) in [5.41, 5.74) is 1.53. The number of esters is 1. The van der Waals surface area contributed by atoms with Crippen LogP contribution in [0.2, 0.25) is 0 Å². The van der Waals surface area contributed by atoms with Crippen molar-refractivity contribution < 1.29 is 19.1 Å². The monoisotopic (exact) mass is 395 g/mol. The molecule has 2 N–H and O–H groups in total. The fraction of sp³-hybridized carbons (Fsp3) is 0.100. The summed E-state index contributed by atoms with van der Waals surface area (Å²) < 4.78 is 4.92. The summed E-state index contributed by atoms with van der Waals surface area (Å²) in [5.74, 6) is -1.99. The van der Waals surface area contributed by atoms with Crippen molar-refractivity contribution in [3.05, 3.63) is 82.9 Å². The summed E-state index contributed by atoms with van der Waals surface area (Å²) in [6, 6.07) is 18.1. The minimum absolute atomic E-state index is 0.0998. The largest absolute Gasteiger partial charge is 0.451 e. The van der Waals surface area contributed by atoms with Crippen LogP contribution in [0.4, 0.5) is 5.13 Å². The Morgan fingerprint density at radius 2 is 1.64 bits per heavy atom. The van der Waals surface area contributed by atoms with Gasteiger partial charge in [-0.2, -0.15) is 0 Å². The van der Waals surface area contributed by atoms with Gasteiger partial charge >= 0.3 is 5.97 Å². The fourth-order valence-electron chi connectivity index (χ4n) is 2.25. The molecule has 0 saturated heterocycles. The Morgan fingerprint density at radius 1 is 0.964 bits per heavy atom. The first-order chi connectivity index (χ1) is 13.6. The minimum atomic E-state index is -0.730. The maximum absolute atomic E-state index is 12.0. The van der Waals surface area contributed by atoms with Crippen LogP contribution in [-0.2, 0) is 16.1 Å². The maximum Gasteiger partial charge on any atom is 0.358 e. The first-order valence-corrected chi connectivity index (χ1v) is 9.29. The number of nitrogens with zero attached hydrogens (tertiary/aromatic N) is 1. The summed E-state index contributed by atoms with van der Waals surface area (Å²) in [7, 11) is 0. The van der Waals surface area contributed by atoms with Crippen LogP contribution in [0.5, 0.6) is 0 Å². The average Bonchev–Trinajstić information content (AvgIpc) is 3.21. The van der Waals surface area contributed by atoms with Crippen LogP contribution in [0.1, 0.15) is 26.4 Å². The van der Waals surface area contributed by atoms with Crippen molar-refractivity contribution in [1.29, 1.82) is 0 Å². The van der Waals surface area contributed by atoms with Crippen molar-refractivity contribution in [1.82, 2.24) is 10.3 Å². The number of amides is 2. The predicted molar refractivity (Wildman–Crippen MR) is 105 cm³/mol. The van der Waals surface area contributed by atoms with Gasteiger partial charge in [-0.15, -0.1) is 11.3 Å². The number of rotatable bonds is 7. The number of nitrogens with one attached hydrogen (secondary N) is 2. The number of benzene rings is 2. The van der Waals surface area contributed by atoms with Gasteiger partial charge in [-0.3, -0.25) is 14.9 Å². The zero-order chi connectivity index (χ0) is 19.8. The number of anilines is 1. The summed E-state index contributed by atoms with van der Waals surface area (Å²) in [6.45, 7) is 0.00849. The number of thiazole rings is 1. The van der Waals surface area contributed by atoms with Gasteiger partial charge in [0.2, 0.25) is 0 Å². The summed E-state index contributed by atoms with van der Waals surface area (Å²) in [5, 5.41) is 7.40. The molecule has 0 aliphatic rings. The Balaban J connectivity index is 1.45. The number of aromatic nitrogens is 1. The Labute approximate surface area is 165 Å². The number of carbonyl (C=O) groups is 3. The van der Waals surface area contributed by atoms with Crippen LogP contribution in [0, 0.1) is 0 Å². The lowest BCUT2D eigenvalue weighted by Gasteiger charge is -2.05. The van der Waals surface area contributed by atoms with E-state index >= 15 is 0 Å². The summed E-state index contributed by atoms with van der Waals surface area (Å²) >= 11 is 1.26. The lowest BCUT2D eigenvalue weighted by molar-refractivity contribution is -0.123. The molecule has 2 amide bonds. The molecule has 142 valence electrons. The van der Waals surface area contributed by atoms with Crippen molar-refractivity contribution in [2.45, 2.75) is 6.54 Å². The molecule has 0 atom stereocenters. The van der Waals surface area contributed by atoms with E-state index in [1.807, 2.05) is 30.3 Å². The molecule has 28 heavy (non-hydrogen) atoms. The second-order valence-electron chi connectivity index (χ2n) is 5.70. The fourth-order valence-corrected chi connectivity index (χ4v) is 2.93. The van der Waals surface area contributed by atoms with E-state index in [0.29, 0.717) is 17.2 Å². The second kappa shape index (κ2) is 9.43. The van der Waals surface area contributed by atoms with E-state index in [9.17, 15) is 14.4 Å². The lowest BCUT2D eigenvalue weighted by atomic mass is 10.2. The number of imide groups is 1. The molecule has 0 aliphatic heterocycles. The van der Waals surface area contributed by atoms with Crippen molar-refractivity contribution in [3.63, 3.8) is 0 Å². The first kappa shape index (κ1) is 19.2. The van der Waals surface area contributed by atoms with Crippen LogP contribution < -0.4 is 10.6 Å². The van der Waals surface area contributed by atoms with Crippen molar-refractivity contribution >= 4 is 34.3 Å². The molecular weight excluding hydrogens is 378 g/mol. The van der Waals surface area contributed by atoms with E-state index in [4.69, 9.17) is 4.74 Å². The van der Waals surface area contributed by atoms with Crippen LogP contribution in [0.3, 0.4) is 0 Å². The van der Waals surface area contributed by atoms with Crippen LogP contribution in [0.15, 0.2) is 66.0 Å². The number of hydrogen-bond donors (Lipinski definition) is 2. The van der Waals surface area contributed by atoms with Crippen LogP contribution in [-0.4, -0.2) is 29.4 Å². The van der Waals surface area contributed by atoms with E-state index in [0.717, 1.165) is 5.56 Å². The lowest BCUT2D eigenvalue weighted by Crippen LogP contribution is -2.34. The molecule has 2 aromatic carbocycles. The van der Waals surface area contributed by atoms with E-state index < -0.39 is 24.4 Å². The predicted octanol–water partition coefficient (Wildman–Crippen LogP) is 2.87. The Bertz CT molecular complexity index is 958. The third-order valence-electron chi connectivity index (χ3n) is 3.62. The zero-order valence-electron chi connectivity index (χ0n) is 14.8. The quantitative estimate of drug-likeness (QED) is 0.597. The third-order valence-corrected chi connectivity index (χ3v) is 4.42. The Morgan fingerprint density at radius 3 is 2.36 bits per heavy atom. The molecule has 0 radical (unpaired) electrons. The summed E-state index contributed by atoms with van der Waals surface area (Å²) in [6.07, 6.45) is 0. The smallest absolute Gasteiger partial charge is 0.358 e. The van der Waals surface area contributed by atoms with Gasteiger partial charge in [0, 0.05) is 17.5 Å². The van der Waals surface area contributed by atoms with Gasteiger partial charge in [-0.25, -0.2) is 9.78 Å². The van der Waals surface area contributed by atoms with Crippen molar-refractivity contribution in [2.75, 3.05) is 11.9 Å². The molecule has 0 spiro atoms. The number of carbonyl (C=O) groups excluding carboxylic acids is 3. The Hall–Kier alpha value is -3.52. The van der Waals surface area contributed by atoms with Crippen LogP contribution >= 0.6 is 11.3 Å². The molecule has 1 aromatic heterocycles. The van der Waals surface area contributed by atoms with E-state index in [2.05, 4.69) is 15.6 Å². The van der Waals surface area contributed by atoms with Gasteiger partial charge in [-0.05, 0) is 17.7 Å². The molecular formula is C20H17N3O4S. The van der Waals surface area contributed by atoms with Gasteiger partial charge in [0.05, 0.1) is 0 Å². The minimum Gasteiger partial charge on any atom is -0.451 e. The highest BCUT2D eigenvalue weighted by Crippen LogP contribution is 2.17. The normalized spacial score (nSPS) is 10.1. The third kappa shape index (κ3) is 5.49. The molecule has 0 bridgehead atoms. The molecule has 0 unspecified atom stereocenters. The SMILES string of the molecule is O=C(COC(=O)c1csc(NCc2ccccc2)n1)NC(=O)c1ccccc1. The topological polar surface area (TPSA) is 97.4 Å². The second-order valence-corrected chi connectivity index (χ2v) is 6.55. The average molecular weight is 395 g/mol. The first-order valence-electron chi connectivity index (χ1n) is 8.41. The highest BCUT2D eigenvalue weighted by Gasteiger charge is 2.16. The van der Waals surface area contributed by atoms with Crippen molar-refractivity contribution in [2.24, 2.45) is 0 Å². The van der Waals surface area contributed by atoms with Gasteiger partial charge < -0.3 is 10.1 Å². The highest BCUT2D eigenvalue weighted by atomic mass is 32.1. The molecule has 0 saturated carbocycles. The zero-order valence-corrected chi connectivity index (χ0v) is 15.6. The van der Waals surface area contributed by atoms with E-state index in [-0.39, 0.29) is 5.69 Å². The molecule has 1 heterocycles. The molecule has 0 fully saturated rings. The van der Waals surface area contributed by atoms with E-state index in [1.165, 1.54) is 11.3 Å². The standard InChI is InChI=1S/C20H17N3O4S/c24-17(23-18(25)15-9-5-2-6-10-15)12-27-19(26)16-13-28-20(22-16)21-11-14-7-3-1-4-8-14/h1-10,13H,11-12H2,(H,21,22)(H,23,24,25). The van der Waals surface area contributed by atoms with Gasteiger partial charge in [-0.1, -0.05) is 48.5 Å². The maximum atomic E-state index is 12.0. The van der Waals surface area contributed by atoms with E-state index in [1.54, 1.807) is 35.7 Å².